The standard InChI is InChI=1S/C20H27N5O2/c1-4-24-9-11-25(12-10-24)19-13-18(21-14-22-19)20(26)23-16-5-7-17(8-6-16)27-15(2)3/h5-8,13-15H,4,9-12H2,1-3H3,(H,23,26). The van der Waals surface area contributed by atoms with Gasteiger partial charge in [0.15, 0.2) is 0 Å². The zero-order valence-corrected chi connectivity index (χ0v) is 16.2. The van der Waals surface area contributed by atoms with Crippen molar-refractivity contribution in [2.45, 2.75) is 26.9 Å². The largest absolute Gasteiger partial charge is 0.491 e. The highest BCUT2D eigenvalue weighted by atomic mass is 16.5. The monoisotopic (exact) mass is 369 g/mol. The van der Waals surface area contributed by atoms with Crippen molar-refractivity contribution in [1.82, 2.24) is 14.9 Å². The van der Waals surface area contributed by atoms with Gasteiger partial charge in [-0.3, -0.25) is 4.79 Å². The normalized spacial score (nSPS) is 15.0. The van der Waals surface area contributed by atoms with Crippen LogP contribution in [0.2, 0.25) is 0 Å². The van der Waals surface area contributed by atoms with Crippen LogP contribution < -0.4 is 15.0 Å². The number of carbonyl (C=O) groups excluding carboxylic acids is 1. The maximum atomic E-state index is 12.6. The highest BCUT2D eigenvalue weighted by Gasteiger charge is 2.18. The number of piperazine rings is 1. The van der Waals surface area contributed by atoms with Crippen LogP contribution in [0.1, 0.15) is 31.3 Å². The van der Waals surface area contributed by atoms with E-state index < -0.39 is 0 Å². The Balaban J connectivity index is 1.63. The zero-order valence-electron chi connectivity index (χ0n) is 16.2. The molecule has 0 bridgehead atoms. The van der Waals surface area contributed by atoms with Gasteiger partial charge in [0, 0.05) is 37.9 Å². The number of nitrogens with zero attached hydrogens (tertiary/aromatic N) is 4. The molecular formula is C20H27N5O2. The minimum absolute atomic E-state index is 0.115. The van der Waals surface area contributed by atoms with Gasteiger partial charge in [-0.25, -0.2) is 9.97 Å². The summed E-state index contributed by atoms with van der Waals surface area (Å²) in [7, 11) is 0. The molecule has 0 spiro atoms. The number of rotatable bonds is 6. The predicted molar refractivity (Wildman–Crippen MR) is 107 cm³/mol. The number of aromatic nitrogens is 2. The van der Waals surface area contributed by atoms with Crippen molar-refractivity contribution in [2.75, 3.05) is 42.9 Å². The molecular weight excluding hydrogens is 342 g/mol. The molecule has 1 fully saturated rings. The van der Waals surface area contributed by atoms with Crippen LogP contribution in [0.15, 0.2) is 36.7 Å². The van der Waals surface area contributed by atoms with Crippen LogP contribution in [-0.2, 0) is 0 Å². The Morgan fingerprint density at radius 2 is 1.85 bits per heavy atom. The predicted octanol–water partition coefficient (Wildman–Crippen LogP) is 2.66. The summed E-state index contributed by atoms with van der Waals surface area (Å²) in [4.78, 5) is 25.6. The van der Waals surface area contributed by atoms with Crippen molar-refractivity contribution >= 4 is 17.4 Å². The fourth-order valence-electron chi connectivity index (χ4n) is 3.02. The topological polar surface area (TPSA) is 70.6 Å². The Morgan fingerprint density at radius 3 is 2.48 bits per heavy atom. The quantitative estimate of drug-likeness (QED) is 0.844. The van der Waals surface area contributed by atoms with Crippen molar-refractivity contribution < 1.29 is 9.53 Å². The number of hydrogen-bond donors (Lipinski definition) is 1. The van der Waals surface area contributed by atoms with Gasteiger partial charge in [0.2, 0.25) is 0 Å². The van der Waals surface area contributed by atoms with E-state index in [4.69, 9.17) is 4.74 Å². The molecule has 0 unspecified atom stereocenters. The lowest BCUT2D eigenvalue weighted by Gasteiger charge is -2.34. The van der Waals surface area contributed by atoms with E-state index in [1.165, 1.54) is 6.33 Å². The van der Waals surface area contributed by atoms with Gasteiger partial charge in [-0.05, 0) is 44.7 Å². The van der Waals surface area contributed by atoms with Gasteiger partial charge in [-0.2, -0.15) is 0 Å². The Labute approximate surface area is 160 Å². The number of carbonyl (C=O) groups is 1. The van der Waals surface area contributed by atoms with Crippen molar-refractivity contribution in [2.24, 2.45) is 0 Å². The first-order valence-electron chi connectivity index (χ1n) is 9.42. The second-order valence-electron chi connectivity index (χ2n) is 6.83. The Bertz CT molecular complexity index is 755. The lowest BCUT2D eigenvalue weighted by molar-refractivity contribution is 0.102. The Morgan fingerprint density at radius 1 is 1.15 bits per heavy atom. The lowest BCUT2D eigenvalue weighted by atomic mass is 10.2. The van der Waals surface area contributed by atoms with Crippen LogP contribution in [-0.4, -0.2) is 59.6 Å². The average Bonchev–Trinajstić information content (AvgIpc) is 2.69. The first kappa shape index (κ1) is 19.1. The van der Waals surface area contributed by atoms with E-state index in [0.717, 1.165) is 44.3 Å². The third kappa shape index (κ3) is 5.17. The molecule has 0 atom stereocenters. The molecule has 1 aliphatic heterocycles. The van der Waals surface area contributed by atoms with Crippen molar-refractivity contribution in [1.29, 1.82) is 0 Å². The Kier molecular flexibility index (Phi) is 6.24. The van der Waals surface area contributed by atoms with Gasteiger partial charge in [-0.1, -0.05) is 6.92 Å². The van der Waals surface area contributed by atoms with Gasteiger partial charge < -0.3 is 19.9 Å². The summed E-state index contributed by atoms with van der Waals surface area (Å²) >= 11 is 0. The van der Waals surface area contributed by atoms with Gasteiger partial charge in [-0.15, -0.1) is 0 Å². The fraction of sp³-hybridized carbons (Fsp3) is 0.450. The maximum absolute atomic E-state index is 12.6. The van der Waals surface area contributed by atoms with Crippen LogP contribution in [0.25, 0.3) is 0 Å². The number of amides is 1. The number of nitrogens with one attached hydrogen (secondary N) is 1. The SMILES string of the molecule is CCN1CCN(c2cc(C(=O)Nc3ccc(OC(C)C)cc3)ncn2)CC1. The van der Waals surface area contributed by atoms with E-state index in [2.05, 4.69) is 32.0 Å². The number of hydrogen-bond acceptors (Lipinski definition) is 6. The second kappa shape index (κ2) is 8.81. The number of benzene rings is 1. The molecule has 7 nitrogen and oxygen atoms in total. The minimum atomic E-state index is -0.247. The molecule has 3 rings (SSSR count). The molecule has 1 amide bonds. The first-order chi connectivity index (χ1) is 13.0. The lowest BCUT2D eigenvalue weighted by Crippen LogP contribution is -2.46. The summed E-state index contributed by atoms with van der Waals surface area (Å²) in [6.07, 6.45) is 1.57. The highest BCUT2D eigenvalue weighted by molar-refractivity contribution is 6.03. The molecule has 0 aliphatic carbocycles. The van der Waals surface area contributed by atoms with Crippen LogP contribution in [0, 0.1) is 0 Å². The second-order valence-corrected chi connectivity index (χ2v) is 6.83. The molecule has 1 aromatic carbocycles. The highest BCUT2D eigenvalue weighted by Crippen LogP contribution is 2.18. The smallest absolute Gasteiger partial charge is 0.274 e. The molecule has 144 valence electrons. The fourth-order valence-corrected chi connectivity index (χ4v) is 3.02. The number of anilines is 2. The van der Waals surface area contributed by atoms with Crippen LogP contribution in [0.4, 0.5) is 11.5 Å². The van der Waals surface area contributed by atoms with Crippen LogP contribution >= 0.6 is 0 Å². The molecule has 2 heterocycles. The van der Waals surface area contributed by atoms with Gasteiger partial charge >= 0.3 is 0 Å². The molecule has 2 aromatic rings. The molecule has 1 aromatic heterocycles. The Hall–Kier alpha value is -2.67. The maximum Gasteiger partial charge on any atom is 0.274 e. The molecule has 1 aliphatic rings. The van der Waals surface area contributed by atoms with E-state index in [1.54, 1.807) is 6.07 Å². The molecule has 7 heteroatoms. The summed E-state index contributed by atoms with van der Waals surface area (Å²) in [5.74, 6) is 1.33. The van der Waals surface area contributed by atoms with Crippen molar-refractivity contribution in [3.05, 3.63) is 42.4 Å². The summed E-state index contributed by atoms with van der Waals surface area (Å²) in [5.41, 5.74) is 1.06. The summed E-state index contributed by atoms with van der Waals surface area (Å²) < 4.78 is 5.62. The van der Waals surface area contributed by atoms with Crippen molar-refractivity contribution in [3.8, 4) is 5.75 Å². The average molecular weight is 369 g/mol. The van der Waals surface area contributed by atoms with E-state index >= 15 is 0 Å². The van der Waals surface area contributed by atoms with Gasteiger partial charge in [0.1, 0.15) is 23.6 Å². The molecule has 1 saturated heterocycles. The van der Waals surface area contributed by atoms with Gasteiger partial charge in [0.05, 0.1) is 6.10 Å². The molecule has 27 heavy (non-hydrogen) atoms. The summed E-state index contributed by atoms with van der Waals surface area (Å²) in [6.45, 7) is 11.0. The van der Waals surface area contributed by atoms with E-state index in [-0.39, 0.29) is 12.0 Å². The van der Waals surface area contributed by atoms with Gasteiger partial charge in [0.25, 0.3) is 5.91 Å². The van der Waals surface area contributed by atoms with Crippen LogP contribution in [0.5, 0.6) is 5.75 Å². The minimum Gasteiger partial charge on any atom is -0.491 e. The summed E-state index contributed by atoms with van der Waals surface area (Å²) in [5, 5.41) is 2.87. The van der Waals surface area contributed by atoms with E-state index in [0.29, 0.717) is 11.4 Å². The van der Waals surface area contributed by atoms with Crippen LogP contribution in [0.3, 0.4) is 0 Å². The molecule has 1 N–H and O–H groups in total. The van der Waals surface area contributed by atoms with E-state index in [1.807, 2.05) is 38.1 Å². The van der Waals surface area contributed by atoms with Crippen molar-refractivity contribution in [3.63, 3.8) is 0 Å². The summed E-state index contributed by atoms with van der Waals surface area (Å²) in [6, 6.07) is 9.08. The first-order valence-corrected chi connectivity index (χ1v) is 9.42. The number of likely N-dealkylation sites (N-methyl/N-ethyl adjacent to an activating group) is 1. The third-order valence-electron chi connectivity index (χ3n) is 4.51. The molecule has 0 radical (unpaired) electrons. The third-order valence-corrected chi connectivity index (χ3v) is 4.51. The zero-order chi connectivity index (χ0) is 19.2. The van der Waals surface area contributed by atoms with E-state index in [9.17, 15) is 4.79 Å². The number of ether oxygens (including phenoxy) is 1. The molecule has 0 saturated carbocycles.